The Kier molecular flexibility index (Phi) is 6.32. The van der Waals surface area contributed by atoms with Gasteiger partial charge in [-0.3, -0.25) is 9.59 Å². The van der Waals surface area contributed by atoms with E-state index >= 15 is 0 Å². The first kappa shape index (κ1) is 20.6. The van der Waals surface area contributed by atoms with E-state index in [1.165, 1.54) is 12.5 Å². The van der Waals surface area contributed by atoms with Crippen molar-refractivity contribution in [1.82, 2.24) is 0 Å². The van der Waals surface area contributed by atoms with Crippen LogP contribution in [0.3, 0.4) is 0 Å². The summed E-state index contributed by atoms with van der Waals surface area (Å²) in [4.78, 5) is 38.2. The van der Waals surface area contributed by atoms with E-state index in [1.54, 1.807) is 29.2 Å². The number of carbonyl (C=O) groups is 3. The molecule has 3 rings (SSSR count). The van der Waals surface area contributed by atoms with Crippen LogP contribution in [0, 0.1) is 0 Å². The molecule has 2 aromatic carbocycles. The van der Waals surface area contributed by atoms with Gasteiger partial charge >= 0.3 is 5.97 Å². The van der Waals surface area contributed by atoms with Crippen LogP contribution in [0.4, 0.5) is 11.4 Å². The van der Waals surface area contributed by atoms with Crippen LogP contribution in [0.1, 0.15) is 55.5 Å². The van der Waals surface area contributed by atoms with Gasteiger partial charge < -0.3 is 15.0 Å². The van der Waals surface area contributed by atoms with Crippen molar-refractivity contribution in [3.05, 3.63) is 59.7 Å². The average molecular weight is 394 g/mol. The van der Waals surface area contributed by atoms with E-state index in [9.17, 15) is 14.4 Å². The van der Waals surface area contributed by atoms with Gasteiger partial charge in [-0.05, 0) is 61.2 Å². The molecular formula is C23H26N2O4. The lowest BCUT2D eigenvalue weighted by atomic mass is 10.0. The zero-order valence-electron chi connectivity index (χ0n) is 17.0. The van der Waals surface area contributed by atoms with Crippen LogP contribution in [0.15, 0.2) is 48.5 Å². The molecule has 1 fully saturated rings. The number of carbonyl (C=O) groups excluding carboxylic acids is 3. The lowest BCUT2D eigenvalue weighted by Crippen LogP contribution is -2.30. The molecule has 0 aromatic heterocycles. The predicted octanol–water partition coefficient (Wildman–Crippen LogP) is 4.12. The van der Waals surface area contributed by atoms with Crippen molar-refractivity contribution in [2.24, 2.45) is 0 Å². The van der Waals surface area contributed by atoms with Gasteiger partial charge in [-0.2, -0.15) is 0 Å². The highest BCUT2D eigenvalue weighted by molar-refractivity contribution is 5.98. The molecular weight excluding hydrogens is 368 g/mol. The molecule has 1 aliphatic rings. The van der Waals surface area contributed by atoms with Gasteiger partial charge in [-0.25, -0.2) is 4.79 Å². The normalized spacial score (nSPS) is 14.8. The van der Waals surface area contributed by atoms with Crippen molar-refractivity contribution in [2.75, 3.05) is 16.8 Å². The maximum Gasteiger partial charge on any atom is 0.338 e. The summed E-state index contributed by atoms with van der Waals surface area (Å²) >= 11 is 0. The number of esters is 1. The molecule has 0 saturated carbocycles. The number of anilines is 2. The number of nitrogens with one attached hydrogen (secondary N) is 1. The number of rotatable bonds is 6. The van der Waals surface area contributed by atoms with Crippen LogP contribution >= 0.6 is 0 Å². The lowest BCUT2D eigenvalue weighted by Gasteiger charge is -2.16. The van der Waals surface area contributed by atoms with Gasteiger partial charge in [0, 0.05) is 24.3 Å². The van der Waals surface area contributed by atoms with Crippen LogP contribution in [-0.2, 0) is 14.3 Å². The first-order valence-electron chi connectivity index (χ1n) is 9.87. The molecule has 0 bridgehead atoms. The number of ether oxygens (including phenoxy) is 1. The Labute approximate surface area is 170 Å². The zero-order valence-corrected chi connectivity index (χ0v) is 17.0. The zero-order chi connectivity index (χ0) is 21.0. The summed E-state index contributed by atoms with van der Waals surface area (Å²) in [5.41, 5.74) is 2.93. The first-order valence-corrected chi connectivity index (χ1v) is 9.87. The summed E-state index contributed by atoms with van der Waals surface area (Å²) in [5.74, 6) is -0.473. The SMILES string of the molecule is CC(C)c1ccc(NC(=O)[C@H](C)OC(=O)c2ccc(N3CCCC3=O)cc2)cc1. The minimum absolute atomic E-state index is 0.0899. The maximum atomic E-state index is 12.3. The Morgan fingerprint density at radius 3 is 2.21 bits per heavy atom. The molecule has 6 heteroatoms. The third-order valence-electron chi connectivity index (χ3n) is 4.99. The quantitative estimate of drug-likeness (QED) is 0.748. The molecule has 152 valence electrons. The third-order valence-corrected chi connectivity index (χ3v) is 4.99. The molecule has 2 aromatic rings. The Hall–Kier alpha value is -3.15. The maximum absolute atomic E-state index is 12.3. The van der Waals surface area contributed by atoms with Crippen LogP contribution < -0.4 is 10.2 Å². The molecule has 0 aliphatic carbocycles. The first-order chi connectivity index (χ1) is 13.8. The van der Waals surface area contributed by atoms with Gasteiger partial charge in [0.15, 0.2) is 6.10 Å². The molecule has 2 amide bonds. The fourth-order valence-corrected chi connectivity index (χ4v) is 3.18. The van der Waals surface area contributed by atoms with Crippen molar-refractivity contribution in [3.63, 3.8) is 0 Å². The Morgan fingerprint density at radius 1 is 1.00 bits per heavy atom. The van der Waals surface area contributed by atoms with Crippen LogP contribution in [0.25, 0.3) is 0 Å². The second-order valence-electron chi connectivity index (χ2n) is 7.51. The number of nitrogens with zero attached hydrogens (tertiary/aromatic N) is 1. The smallest absolute Gasteiger partial charge is 0.338 e. The summed E-state index contributed by atoms with van der Waals surface area (Å²) in [7, 11) is 0. The summed E-state index contributed by atoms with van der Waals surface area (Å²) in [5, 5.41) is 2.76. The fourth-order valence-electron chi connectivity index (χ4n) is 3.18. The highest BCUT2D eigenvalue weighted by Gasteiger charge is 2.23. The summed E-state index contributed by atoms with van der Waals surface area (Å²) < 4.78 is 5.29. The van der Waals surface area contributed by atoms with E-state index in [4.69, 9.17) is 4.74 Å². The van der Waals surface area contributed by atoms with Gasteiger partial charge in [-0.1, -0.05) is 26.0 Å². The highest BCUT2D eigenvalue weighted by Crippen LogP contribution is 2.22. The van der Waals surface area contributed by atoms with Crippen LogP contribution in [-0.4, -0.2) is 30.4 Å². The van der Waals surface area contributed by atoms with E-state index in [2.05, 4.69) is 19.2 Å². The minimum Gasteiger partial charge on any atom is -0.449 e. The summed E-state index contributed by atoms with van der Waals surface area (Å²) in [6.07, 6.45) is 0.457. The second kappa shape index (κ2) is 8.90. The molecule has 29 heavy (non-hydrogen) atoms. The number of amides is 2. The van der Waals surface area contributed by atoms with Crippen molar-refractivity contribution < 1.29 is 19.1 Å². The summed E-state index contributed by atoms with van der Waals surface area (Å²) in [6, 6.07) is 14.3. The molecule has 1 aliphatic heterocycles. The summed E-state index contributed by atoms with van der Waals surface area (Å²) in [6.45, 7) is 6.43. The molecule has 1 saturated heterocycles. The van der Waals surface area contributed by atoms with Gasteiger partial charge in [-0.15, -0.1) is 0 Å². The van der Waals surface area contributed by atoms with Crippen LogP contribution in [0.5, 0.6) is 0 Å². The van der Waals surface area contributed by atoms with E-state index in [0.29, 0.717) is 30.1 Å². The lowest BCUT2D eigenvalue weighted by molar-refractivity contribution is -0.123. The largest absolute Gasteiger partial charge is 0.449 e. The predicted molar refractivity (Wildman–Crippen MR) is 112 cm³/mol. The minimum atomic E-state index is -0.938. The molecule has 0 radical (unpaired) electrons. The van der Waals surface area contributed by atoms with E-state index in [0.717, 1.165) is 12.1 Å². The third kappa shape index (κ3) is 5.02. The standard InChI is InChI=1S/C23H26N2O4/c1-15(2)17-6-10-19(11-7-17)24-22(27)16(3)29-23(28)18-8-12-20(13-9-18)25-14-4-5-21(25)26/h6-13,15-16H,4-5,14H2,1-3H3,(H,24,27)/t16-/m0/s1. The van der Waals surface area contributed by atoms with Crippen molar-refractivity contribution >= 4 is 29.2 Å². The Morgan fingerprint density at radius 2 is 1.66 bits per heavy atom. The van der Waals surface area contributed by atoms with E-state index in [1.807, 2.05) is 24.3 Å². The van der Waals surface area contributed by atoms with Gasteiger partial charge in [0.05, 0.1) is 5.56 Å². The number of hydrogen-bond donors (Lipinski definition) is 1. The van der Waals surface area contributed by atoms with Crippen molar-refractivity contribution in [2.45, 2.75) is 45.6 Å². The molecule has 0 unspecified atom stereocenters. The van der Waals surface area contributed by atoms with E-state index < -0.39 is 18.0 Å². The monoisotopic (exact) mass is 394 g/mol. The Bertz CT molecular complexity index is 888. The van der Waals surface area contributed by atoms with Crippen molar-refractivity contribution in [3.8, 4) is 0 Å². The second-order valence-corrected chi connectivity index (χ2v) is 7.51. The number of hydrogen-bond acceptors (Lipinski definition) is 4. The van der Waals surface area contributed by atoms with Crippen molar-refractivity contribution in [1.29, 1.82) is 0 Å². The molecule has 1 heterocycles. The fraction of sp³-hybridized carbons (Fsp3) is 0.348. The van der Waals surface area contributed by atoms with Crippen LogP contribution in [0.2, 0.25) is 0 Å². The molecule has 0 spiro atoms. The highest BCUT2D eigenvalue weighted by atomic mass is 16.5. The van der Waals surface area contributed by atoms with Gasteiger partial charge in [0.25, 0.3) is 5.91 Å². The Balaban J connectivity index is 1.56. The number of benzene rings is 2. The molecule has 1 atom stereocenters. The average Bonchev–Trinajstić information content (AvgIpc) is 3.14. The van der Waals surface area contributed by atoms with Gasteiger partial charge in [0.1, 0.15) is 0 Å². The molecule has 1 N–H and O–H groups in total. The van der Waals surface area contributed by atoms with Gasteiger partial charge in [0.2, 0.25) is 5.91 Å². The topological polar surface area (TPSA) is 75.7 Å². The van der Waals surface area contributed by atoms with E-state index in [-0.39, 0.29) is 5.91 Å². The molecule has 6 nitrogen and oxygen atoms in total.